The molecule has 2 aromatic heterocycles. The van der Waals surface area contributed by atoms with Crippen LogP contribution in [0.1, 0.15) is 51.0 Å². The van der Waals surface area contributed by atoms with Crippen molar-refractivity contribution in [3.8, 4) is 11.5 Å². The minimum Gasteiger partial charge on any atom is -0.436 e. The topological polar surface area (TPSA) is 75.9 Å². The molecule has 2 N–H and O–H groups in total. The van der Waals surface area contributed by atoms with Crippen molar-refractivity contribution in [3.05, 3.63) is 30.3 Å². The number of nitrogens with zero attached hydrogens (tertiary/aromatic N) is 3. The maximum absolute atomic E-state index is 12.5. The van der Waals surface area contributed by atoms with Gasteiger partial charge >= 0.3 is 6.18 Å². The van der Waals surface area contributed by atoms with E-state index in [4.69, 9.17) is 4.42 Å². The van der Waals surface area contributed by atoms with E-state index in [2.05, 4.69) is 39.1 Å². The first-order valence-corrected chi connectivity index (χ1v) is 9.59. The molecule has 0 unspecified atom stereocenters. The van der Waals surface area contributed by atoms with E-state index >= 15 is 0 Å². The molecule has 29 heavy (non-hydrogen) atoms. The van der Waals surface area contributed by atoms with E-state index in [1.807, 2.05) is 19.1 Å². The third-order valence-corrected chi connectivity index (χ3v) is 3.92. The third-order valence-electron chi connectivity index (χ3n) is 3.92. The van der Waals surface area contributed by atoms with Crippen molar-refractivity contribution < 1.29 is 17.6 Å². The summed E-state index contributed by atoms with van der Waals surface area (Å²) in [6.07, 6.45) is 6.19. The van der Waals surface area contributed by atoms with Crippen molar-refractivity contribution in [1.29, 1.82) is 0 Å². The minimum atomic E-state index is -4.36. The maximum atomic E-state index is 12.5. The van der Waals surface area contributed by atoms with Crippen molar-refractivity contribution in [2.75, 3.05) is 23.7 Å². The molecule has 0 aliphatic rings. The fourth-order valence-electron chi connectivity index (χ4n) is 2.47. The van der Waals surface area contributed by atoms with Gasteiger partial charge in [-0.15, -0.1) is 0 Å². The van der Waals surface area contributed by atoms with Crippen molar-refractivity contribution in [1.82, 2.24) is 15.0 Å². The van der Waals surface area contributed by atoms with Crippen LogP contribution in [0.3, 0.4) is 0 Å². The van der Waals surface area contributed by atoms with Gasteiger partial charge in [-0.2, -0.15) is 18.2 Å². The van der Waals surface area contributed by atoms with Gasteiger partial charge in [0, 0.05) is 12.7 Å². The van der Waals surface area contributed by atoms with Crippen LogP contribution in [0.15, 0.2) is 23.3 Å². The molecule has 158 valence electrons. The molecule has 0 saturated carbocycles. The van der Waals surface area contributed by atoms with Gasteiger partial charge in [0.25, 0.3) is 0 Å². The molecule has 0 radical (unpaired) electrons. The standard InChI is InChI=1S/C20H26F3N5O/c1-4-7-9-11-24-17-14(12-25-19(28-17)26-13-20(21,22)23)18-27-15(10-8-5-2)16(6-3)29-18/h6,8,10,12H,3-5,7,9,11,13H2,1-2H3,(H2,24,25,26,28)/b10-8-. The number of aromatic nitrogens is 3. The lowest BCUT2D eigenvalue weighted by molar-refractivity contribution is -0.115. The summed E-state index contributed by atoms with van der Waals surface area (Å²) in [5, 5.41) is 5.35. The van der Waals surface area contributed by atoms with Crippen LogP contribution in [0.5, 0.6) is 0 Å². The lowest BCUT2D eigenvalue weighted by atomic mass is 10.2. The lowest BCUT2D eigenvalue weighted by Gasteiger charge is -2.12. The number of allylic oxidation sites excluding steroid dienone is 1. The number of hydrogen-bond donors (Lipinski definition) is 2. The largest absolute Gasteiger partial charge is 0.436 e. The summed E-state index contributed by atoms with van der Waals surface area (Å²) in [6, 6.07) is 0. The molecule has 0 bridgehead atoms. The van der Waals surface area contributed by atoms with E-state index in [1.165, 1.54) is 6.20 Å². The van der Waals surface area contributed by atoms with E-state index in [1.54, 1.807) is 6.08 Å². The molecule has 0 aliphatic carbocycles. The molecule has 0 spiro atoms. The SMILES string of the molecule is C=Cc1oc(-c2cnc(NCC(F)(F)F)nc2NCCCCC)nc1/C=C\CC. The number of oxazole rings is 1. The normalized spacial score (nSPS) is 11.8. The Hall–Kier alpha value is -2.84. The van der Waals surface area contributed by atoms with Gasteiger partial charge in [-0.05, 0) is 25.0 Å². The quantitative estimate of drug-likeness (QED) is 0.459. The summed E-state index contributed by atoms with van der Waals surface area (Å²) in [6.45, 7) is 7.23. The van der Waals surface area contributed by atoms with Gasteiger partial charge in [-0.25, -0.2) is 9.97 Å². The van der Waals surface area contributed by atoms with Crippen LogP contribution in [0.4, 0.5) is 24.9 Å². The number of nitrogens with one attached hydrogen (secondary N) is 2. The second-order valence-corrected chi connectivity index (χ2v) is 6.34. The predicted molar refractivity (Wildman–Crippen MR) is 110 cm³/mol. The smallest absolute Gasteiger partial charge is 0.405 e. The summed E-state index contributed by atoms with van der Waals surface area (Å²) in [5.74, 6) is 1.02. The average Bonchev–Trinajstić information content (AvgIpc) is 3.10. The average molecular weight is 409 g/mol. The van der Waals surface area contributed by atoms with Crippen LogP contribution in [0.25, 0.3) is 23.6 Å². The molecule has 6 nitrogen and oxygen atoms in total. The highest BCUT2D eigenvalue weighted by Gasteiger charge is 2.27. The Morgan fingerprint density at radius 1 is 1.17 bits per heavy atom. The number of rotatable bonds is 11. The second-order valence-electron chi connectivity index (χ2n) is 6.34. The zero-order valence-electron chi connectivity index (χ0n) is 16.6. The number of unbranched alkanes of at least 4 members (excludes halogenated alkanes) is 2. The van der Waals surface area contributed by atoms with Gasteiger partial charge in [0.2, 0.25) is 11.8 Å². The number of halogens is 3. The zero-order chi connectivity index (χ0) is 21.3. The highest BCUT2D eigenvalue weighted by atomic mass is 19.4. The molecular weight excluding hydrogens is 383 g/mol. The van der Waals surface area contributed by atoms with Gasteiger partial charge in [0.1, 0.15) is 18.1 Å². The van der Waals surface area contributed by atoms with Crippen molar-refractivity contribution in [2.45, 2.75) is 45.7 Å². The van der Waals surface area contributed by atoms with Crippen LogP contribution < -0.4 is 10.6 Å². The monoisotopic (exact) mass is 409 g/mol. The van der Waals surface area contributed by atoms with Crippen LogP contribution >= 0.6 is 0 Å². The van der Waals surface area contributed by atoms with Crippen LogP contribution in [0.2, 0.25) is 0 Å². The summed E-state index contributed by atoms with van der Waals surface area (Å²) in [5.41, 5.74) is 1.09. The Morgan fingerprint density at radius 2 is 1.97 bits per heavy atom. The fourth-order valence-corrected chi connectivity index (χ4v) is 2.47. The lowest BCUT2D eigenvalue weighted by Crippen LogP contribution is -2.22. The Kier molecular flexibility index (Phi) is 8.23. The molecule has 2 rings (SSSR count). The fraction of sp³-hybridized carbons (Fsp3) is 0.450. The molecule has 2 aromatic rings. The van der Waals surface area contributed by atoms with Gasteiger partial charge < -0.3 is 15.1 Å². The number of hydrogen-bond acceptors (Lipinski definition) is 6. The molecule has 0 saturated heterocycles. The molecular formula is C20H26F3N5O. The first kappa shape index (κ1) is 22.4. The zero-order valence-corrected chi connectivity index (χ0v) is 16.6. The highest BCUT2D eigenvalue weighted by molar-refractivity contribution is 5.71. The van der Waals surface area contributed by atoms with Crippen LogP contribution in [-0.4, -0.2) is 34.2 Å². The molecule has 9 heteroatoms. The van der Waals surface area contributed by atoms with E-state index in [9.17, 15) is 13.2 Å². The molecule has 2 heterocycles. The molecule has 0 aliphatic heterocycles. The Labute approximate surface area is 168 Å². The van der Waals surface area contributed by atoms with Crippen LogP contribution in [-0.2, 0) is 0 Å². The van der Waals surface area contributed by atoms with Crippen molar-refractivity contribution in [3.63, 3.8) is 0 Å². The Balaban J connectivity index is 2.34. The van der Waals surface area contributed by atoms with Crippen LogP contribution in [0, 0.1) is 0 Å². The van der Waals surface area contributed by atoms with Crippen molar-refractivity contribution in [2.24, 2.45) is 0 Å². The highest BCUT2D eigenvalue weighted by Crippen LogP contribution is 2.29. The predicted octanol–water partition coefficient (Wildman–Crippen LogP) is 5.77. The summed E-state index contributed by atoms with van der Waals surface area (Å²) >= 11 is 0. The van der Waals surface area contributed by atoms with Gasteiger partial charge in [-0.3, -0.25) is 0 Å². The second kappa shape index (κ2) is 10.6. The first-order chi connectivity index (χ1) is 13.9. The third kappa shape index (κ3) is 6.92. The summed E-state index contributed by atoms with van der Waals surface area (Å²) in [7, 11) is 0. The maximum Gasteiger partial charge on any atom is 0.405 e. The molecule has 0 aromatic carbocycles. The summed E-state index contributed by atoms with van der Waals surface area (Å²) < 4.78 is 43.2. The first-order valence-electron chi connectivity index (χ1n) is 9.59. The van der Waals surface area contributed by atoms with Gasteiger partial charge in [0.05, 0.1) is 5.56 Å². The Bertz CT molecular complexity index is 830. The summed E-state index contributed by atoms with van der Waals surface area (Å²) in [4.78, 5) is 12.6. The van der Waals surface area contributed by atoms with E-state index in [0.717, 1.165) is 25.7 Å². The van der Waals surface area contributed by atoms with Gasteiger partial charge in [0.15, 0.2) is 5.76 Å². The molecule has 0 atom stereocenters. The van der Waals surface area contributed by atoms with E-state index in [-0.39, 0.29) is 11.8 Å². The number of anilines is 2. The van der Waals surface area contributed by atoms with E-state index < -0.39 is 12.7 Å². The molecule has 0 amide bonds. The van der Waals surface area contributed by atoms with Crippen molar-refractivity contribution >= 4 is 23.9 Å². The van der Waals surface area contributed by atoms with Gasteiger partial charge in [-0.1, -0.05) is 39.3 Å². The van der Waals surface area contributed by atoms with E-state index in [0.29, 0.717) is 29.4 Å². The number of alkyl halides is 3. The minimum absolute atomic E-state index is 0.120. The molecule has 0 fully saturated rings. The Morgan fingerprint density at radius 3 is 2.62 bits per heavy atom.